The molecule has 0 saturated heterocycles. The molecule has 0 atom stereocenters. The van der Waals surface area contributed by atoms with Crippen LogP contribution in [0.4, 0.5) is 0 Å². The molecule has 0 aliphatic heterocycles. The van der Waals surface area contributed by atoms with Crippen molar-refractivity contribution in [2.45, 2.75) is 26.7 Å². The summed E-state index contributed by atoms with van der Waals surface area (Å²) in [5.74, 6) is 1.95. The first-order valence-corrected chi connectivity index (χ1v) is 9.65. The highest BCUT2D eigenvalue weighted by atomic mass is 16.3. The molecule has 0 spiro atoms. The van der Waals surface area contributed by atoms with Crippen LogP contribution in [0.5, 0.6) is 0 Å². The van der Waals surface area contributed by atoms with Crippen molar-refractivity contribution >= 4 is 22.4 Å². The lowest BCUT2D eigenvalue weighted by atomic mass is 9.88. The van der Waals surface area contributed by atoms with E-state index in [1.165, 1.54) is 44.2 Å². The largest absolute Gasteiger partial charge is 0.462 e. The fourth-order valence-electron chi connectivity index (χ4n) is 4.28. The maximum Gasteiger partial charge on any atom is 0.130 e. The molecule has 3 aromatic carbocycles. The first-order chi connectivity index (χ1) is 13.2. The molecule has 5 rings (SSSR count). The van der Waals surface area contributed by atoms with Crippen LogP contribution in [0.3, 0.4) is 0 Å². The van der Waals surface area contributed by atoms with Gasteiger partial charge < -0.3 is 4.42 Å². The average Bonchev–Trinajstić information content (AvgIpc) is 3.32. The first kappa shape index (κ1) is 16.1. The highest BCUT2D eigenvalue weighted by Crippen LogP contribution is 2.42. The lowest BCUT2D eigenvalue weighted by molar-refractivity contribution is 0.521. The summed E-state index contributed by atoms with van der Waals surface area (Å²) in [6.45, 7) is 4.24. The van der Waals surface area contributed by atoms with Crippen molar-refractivity contribution in [3.8, 4) is 11.1 Å². The second-order valence-corrected chi connectivity index (χ2v) is 7.31. The van der Waals surface area contributed by atoms with Gasteiger partial charge in [0.15, 0.2) is 0 Å². The number of aryl methyl sites for hydroxylation is 2. The molecule has 0 radical (unpaired) electrons. The Balaban J connectivity index is 1.76. The van der Waals surface area contributed by atoms with Gasteiger partial charge in [0, 0.05) is 6.42 Å². The SMILES string of the molecule is CCc1ccc2c(c1-c1cccc3ccccc13)C=C(c1ccc(C)o1)C2. The maximum atomic E-state index is 5.90. The zero-order chi connectivity index (χ0) is 18.4. The van der Waals surface area contributed by atoms with E-state index in [1.807, 2.05) is 13.0 Å². The maximum absolute atomic E-state index is 5.90. The van der Waals surface area contributed by atoms with E-state index in [0.717, 1.165) is 24.4 Å². The second kappa shape index (κ2) is 6.28. The summed E-state index contributed by atoms with van der Waals surface area (Å²) in [5, 5.41) is 2.61. The van der Waals surface area contributed by atoms with Crippen LogP contribution < -0.4 is 0 Å². The Morgan fingerprint density at radius 2 is 1.74 bits per heavy atom. The first-order valence-electron chi connectivity index (χ1n) is 9.65. The van der Waals surface area contributed by atoms with E-state index in [2.05, 4.69) is 73.7 Å². The van der Waals surface area contributed by atoms with Crippen molar-refractivity contribution in [3.05, 3.63) is 94.9 Å². The van der Waals surface area contributed by atoms with Gasteiger partial charge in [0.2, 0.25) is 0 Å². The number of allylic oxidation sites excluding steroid dienone is 1. The smallest absolute Gasteiger partial charge is 0.130 e. The second-order valence-electron chi connectivity index (χ2n) is 7.31. The molecular formula is C26H22O. The van der Waals surface area contributed by atoms with Gasteiger partial charge in [0.1, 0.15) is 11.5 Å². The minimum atomic E-state index is 0.935. The Labute approximate surface area is 160 Å². The summed E-state index contributed by atoms with van der Waals surface area (Å²) in [4.78, 5) is 0. The fourth-order valence-corrected chi connectivity index (χ4v) is 4.28. The molecular weight excluding hydrogens is 328 g/mol. The molecule has 1 heteroatoms. The van der Waals surface area contributed by atoms with Crippen molar-refractivity contribution in [1.82, 2.24) is 0 Å². The van der Waals surface area contributed by atoms with Crippen LogP contribution in [0.1, 0.15) is 35.1 Å². The number of benzene rings is 3. The molecule has 0 saturated carbocycles. The Bertz CT molecular complexity index is 1180. The summed E-state index contributed by atoms with van der Waals surface area (Å²) in [6.07, 6.45) is 4.29. The fraction of sp³-hybridized carbons (Fsp3) is 0.154. The molecule has 4 aromatic rings. The third-order valence-electron chi connectivity index (χ3n) is 5.62. The van der Waals surface area contributed by atoms with Gasteiger partial charge in [-0.15, -0.1) is 0 Å². The Morgan fingerprint density at radius 3 is 2.56 bits per heavy atom. The quantitative estimate of drug-likeness (QED) is 0.385. The molecule has 0 N–H and O–H groups in total. The molecule has 1 aliphatic carbocycles. The topological polar surface area (TPSA) is 13.1 Å². The van der Waals surface area contributed by atoms with Crippen LogP contribution in [0.25, 0.3) is 33.5 Å². The van der Waals surface area contributed by atoms with Crippen molar-refractivity contribution in [1.29, 1.82) is 0 Å². The predicted octanol–water partition coefficient (Wildman–Crippen LogP) is 7.07. The van der Waals surface area contributed by atoms with Crippen LogP contribution in [0.2, 0.25) is 0 Å². The van der Waals surface area contributed by atoms with Gasteiger partial charge in [-0.3, -0.25) is 0 Å². The standard InChI is InChI=1S/C26H22O/c1-3-18-12-13-20-15-21(25-14-11-17(2)27-25)16-24(20)26(18)23-10-6-8-19-7-4-5-9-22(19)23/h4-14,16H,3,15H2,1-2H3. The lowest BCUT2D eigenvalue weighted by Gasteiger charge is -2.15. The van der Waals surface area contributed by atoms with Crippen molar-refractivity contribution in [2.24, 2.45) is 0 Å². The van der Waals surface area contributed by atoms with Gasteiger partial charge in [0.25, 0.3) is 0 Å². The normalized spacial score (nSPS) is 13.0. The van der Waals surface area contributed by atoms with Crippen LogP contribution in [-0.4, -0.2) is 0 Å². The van der Waals surface area contributed by atoms with Gasteiger partial charge in [-0.2, -0.15) is 0 Å². The number of hydrogen-bond donors (Lipinski definition) is 0. The van der Waals surface area contributed by atoms with E-state index in [0.29, 0.717) is 0 Å². The number of fused-ring (bicyclic) bond motifs is 2. The van der Waals surface area contributed by atoms with Crippen LogP contribution in [-0.2, 0) is 12.8 Å². The van der Waals surface area contributed by atoms with Gasteiger partial charge in [-0.25, -0.2) is 0 Å². The summed E-state index contributed by atoms with van der Waals surface area (Å²) in [6, 6.07) is 24.0. The van der Waals surface area contributed by atoms with Crippen molar-refractivity contribution in [2.75, 3.05) is 0 Å². The third kappa shape index (κ3) is 2.62. The van der Waals surface area contributed by atoms with Gasteiger partial charge in [-0.05, 0) is 75.7 Å². The van der Waals surface area contributed by atoms with E-state index in [1.54, 1.807) is 0 Å². The average molecular weight is 350 g/mol. The zero-order valence-electron chi connectivity index (χ0n) is 15.8. The molecule has 0 amide bonds. The molecule has 1 aromatic heterocycles. The van der Waals surface area contributed by atoms with Crippen LogP contribution in [0, 0.1) is 6.92 Å². The molecule has 1 aliphatic rings. The Kier molecular flexibility index (Phi) is 3.75. The molecule has 1 nitrogen and oxygen atoms in total. The van der Waals surface area contributed by atoms with Crippen molar-refractivity contribution in [3.63, 3.8) is 0 Å². The van der Waals surface area contributed by atoms with E-state index >= 15 is 0 Å². The zero-order valence-corrected chi connectivity index (χ0v) is 15.8. The lowest BCUT2D eigenvalue weighted by Crippen LogP contribution is -1.95. The number of rotatable bonds is 3. The van der Waals surface area contributed by atoms with Gasteiger partial charge in [0.05, 0.1) is 0 Å². The highest BCUT2D eigenvalue weighted by molar-refractivity contribution is 6.02. The minimum Gasteiger partial charge on any atom is -0.462 e. The molecule has 0 bridgehead atoms. The summed E-state index contributed by atoms with van der Waals surface area (Å²) >= 11 is 0. The van der Waals surface area contributed by atoms with Gasteiger partial charge in [-0.1, -0.05) is 61.5 Å². The summed E-state index contributed by atoms with van der Waals surface area (Å²) in [5.41, 5.74) is 8.13. The predicted molar refractivity (Wildman–Crippen MR) is 114 cm³/mol. The summed E-state index contributed by atoms with van der Waals surface area (Å²) < 4.78 is 5.90. The summed E-state index contributed by atoms with van der Waals surface area (Å²) in [7, 11) is 0. The number of hydrogen-bond acceptors (Lipinski definition) is 1. The van der Waals surface area contributed by atoms with E-state index in [-0.39, 0.29) is 0 Å². The van der Waals surface area contributed by atoms with Crippen molar-refractivity contribution < 1.29 is 4.42 Å². The minimum absolute atomic E-state index is 0.935. The van der Waals surface area contributed by atoms with Gasteiger partial charge >= 0.3 is 0 Å². The Hall–Kier alpha value is -3.06. The monoisotopic (exact) mass is 350 g/mol. The highest BCUT2D eigenvalue weighted by Gasteiger charge is 2.22. The van der Waals surface area contributed by atoms with Crippen LogP contribution in [0.15, 0.2) is 71.1 Å². The molecule has 132 valence electrons. The molecule has 0 unspecified atom stereocenters. The third-order valence-corrected chi connectivity index (χ3v) is 5.62. The van der Waals surface area contributed by atoms with Crippen LogP contribution >= 0.6 is 0 Å². The molecule has 1 heterocycles. The molecule has 0 fully saturated rings. The Morgan fingerprint density at radius 1 is 0.889 bits per heavy atom. The van der Waals surface area contributed by atoms with E-state index < -0.39 is 0 Å². The van der Waals surface area contributed by atoms with E-state index in [9.17, 15) is 0 Å². The molecule has 27 heavy (non-hydrogen) atoms. The number of furan rings is 1. The van der Waals surface area contributed by atoms with E-state index in [4.69, 9.17) is 4.42 Å².